The van der Waals surface area contributed by atoms with Gasteiger partial charge < -0.3 is 5.73 Å². The first kappa shape index (κ1) is 22.4. The lowest BCUT2D eigenvalue weighted by atomic mass is 10.1. The van der Waals surface area contributed by atoms with Gasteiger partial charge in [-0.3, -0.25) is 4.72 Å². The van der Waals surface area contributed by atoms with Gasteiger partial charge in [0.2, 0.25) is 0 Å². The number of hydrogen-bond donors (Lipinski definition) is 2. The lowest BCUT2D eigenvalue weighted by Crippen LogP contribution is -2.14. The number of halogens is 3. The molecule has 1 heterocycles. The van der Waals surface area contributed by atoms with Gasteiger partial charge in [0.25, 0.3) is 10.0 Å². The first-order valence-corrected chi connectivity index (χ1v) is 11.2. The number of anilines is 2. The van der Waals surface area contributed by atoms with Crippen LogP contribution in [0, 0.1) is 6.92 Å². The maximum Gasteiger partial charge on any atom is 0.416 e. The highest BCUT2D eigenvalue weighted by molar-refractivity contribution is 7.92. The van der Waals surface area contributed by atoms with Gasteiger partial charge in [-0.1, -0.05) is 30.3 Å². The molecular weight excluding hydrogens is 453 g/mol. The largest absolute Gasteiger partial charge is 0.416 e. The molecular formula is C23H19F3N4O2S. The average Bonchev–Trinajstić information content (AvgIpc) is 3.15. The maximum absolute atomic E-state index is 12.9. The molecule has 3 aromatic carbocycles. The van der Waals surface area contributed by atoms with Crippen LogP contribution in [0.4, 0.5) is 24.7 Å². The van der Waals surface area contributed by atoms with Crippen LogP contribution in [0.5, 0.6) is 0 Å². The van der Waals surface area contributed by atoms with Gasteiger partial charge in [-0.05, 0) is 55.0 Å². The normalized spacial score (nSPS) is 12.0. The number of alkyl halides is 3. The summed E-state index contributed by atoms with van der Waals surface area (Å²) in [6.07, 6.45) is -4.64. The Balaban J connectivity index is 1.57. The fourth-order valence-corrected chi connectivity index (χ4v) is 4.37. The van der Waals surface area contributed by atoms with Crippen molar-refractivity contribution in [3.63, 3.8) is 0 Å². The monoisotopic (exact) mass is 472 g/mol. The fourth-order valence-electron chi connectivity index (χ4n) is 3.27. The second-order valence-corrected chi connectivity index (χ2v) is 9.10. The Labute approximate surface area is 188 Å². The van der Waals surface area contributed by atoms with Gasteiger partial charge >= 0.3 is 6.18 Å². The van der Waals surface area contributed by atoms with Gasteiger partial charge in [0.05, 0.1) is 21.8 Å². The molecule has 0 atom stereocenters. The number of benzene rings is 3. The standard InChI is InChI=1S/C23H19F3N4O2S/c1-15-4-2-6-19(12-15)30-22(27)14-21(28-30)16-8-10-18(11-9-16)29-33(31,32)20-7-3-5-17(13-20)23(24,25)26/h2-14,29H,27H2,1H3. The molecule has 0 aliphatic rings. The van der Waals surface area contributed by atoms with Crippen LogP contribution in [0.3, 0.4) is 0 Å². The van der Waals surface area contributed by atoms with E-state index in [-0.39, 0.29) is 5.69 Å². The van der Waals surface area contributed by atoms with E-state index in [1.165, 1.54) is 12.1 Å². The van der Waals surface area contributed by atoms with Crippen molar-refractivity contribution in [1.29, 1.82) is 0 Å². The van der Waals surface area contributed by atoms with Gasteiger partial charge in [-0.2, -0.15) is 18.3 Å². The van der Waals surface area contributed by atoms with Crippen molar-refractivity contribution in [1.82, 2.24) is 9.78 Å². The first-order chi connectivity index (χ1) is 15.5. The fraction of sp³-hybridized carbons (Fsp3) is 0.0870. The third-order valence-electron chi connectivity index (χ3n) is 4.89. The summed E-state index contributed by atoms with van der Waals surface area (Å²) >= 11 is 0. The molecule has 0 spiro atoms. The number of nitrogens with one attached hydrogen (secondary N) is 1. The highest BCUT2D eigenvalue weighted by atomic mass is 32.2. The Morgan fingerprint density at radius 3 is 2.30 bits per heavy atom. The number of nitrogens with two attached hydrogens (primary N) is 1. The molecule has 33 heavy (non-hydrogen) atoms. The number of nitrogen functional groups attached to an aromatic ring is 1. The molecule has 1 aromatic heterocycles. The van der Waals surface area contributed by atoms with Gasteiger partial charge in [0.1, 0.15) is 5.82 Å². The van der Waals surface area contributed by atoms with E-state index in [0.29, 0.717) is 23.1 Å². The minimum absolute atomic E-state index is 0.197. The molecule has 0 aliphatic heterocycles. The van der Waals surface area contributed by atoms with Crippen LogP contribution in [0.15, 0.2) is 83.8 Å². The topological polar surface area (TPSA) is 90.0 Å². The van der Waals surface area contributed by atoms with Crippen molar-refractivity contribution < 1.29 is 21.6 Å². The zero-order chi connectivity index (χ0) is 23.8. The van der Waals surface area contributed by atoms with Gasteiger partial charge in [-0.25, -0.2) is 13.1 Å². The molecule has 0 saturated carbocycles. The second kappa shape index (κ2) is 8.28. The summed E-state index contributed by atoms with van der Waals surface area (Å²) in [4.78, 5) is -0.480. The lowest BCUT2D eigenvalue weighted by molar-refractivity contribution is -0.137. The van der Waals surface area contributed by atoms with E-state index >= 15 is 0 Å². The molecule has 0 radical (unpaired) electrons. The van der Waals surface area contributed by atoms with E-state index in [9.17, 15) is 21.6 Å². The molecule has 0 unspecified atom stereocenters. The number of aryl methyl sites for hydroxylation is 1. The molecule has 0 amide bonds. The molecule has 6 nitrogen and oxygen atoms in total. The van der Waals surface area contributed by atoms with Crippen LogP contribution in [0.2, 0.25) is 0 Å². The molecule has 4 aromatic rings. The molecule has 3 N–H and O–H groups in total. The summed E-state index contributed by atoms with van der Waals surface area (Å²) in [5.74, 6) is 0.435. The van der Waals surface area contributed by atoms with Crippen LogP contribution >= 0.6 is 0 Å². The highest BCUT2D eigenvalue weighted by Gasteiger charge is 2.31. The van der Waals surface area contributed by atoms with E-state index in [1.54, 1.807) is 22.9 Å². The third-order valence-corrected chi connectivity index (χ3v) is 6.27. The Morgan fingerprint density at radius 1 is 0.939 bits per heavy atom. The van der Waals surface area contributed by atoms with Crippen LogP contribution in [-0.4, -0.2) is 18.2 Å². The zero-order valence-corrected chi connectivity index (χ0v) is 18.2. The average molecular weight is 472 g/mol. The second-order valence-electron chi connectivity index (χ2n) is 7.41. The van der Waals surface area contributed by atoms with Crippen molar-refractivity contribution in [2.24, 2.45) is 0 Å². The van der Waals surface area contributed by atoms with Crippen LogP contribution in [-0.2, 0) is 16.2 Å². The Bertz CT molecular complexity index is 1410. The molecule has 0 bridgehead atoms. The van der Waals surface area contributed by atoms with Crippen LogP contribution in [0.25, 0.3) is 16.9 Å². The Hall–Kier alpha value is -3.79. The summed E-state index contributed by atoms with van der Waals surface area (Å²) in [5, 5.41) is 4.52. The van der Waals surface area contributed by atoms with Crippen molar-refractivity contribution >= 4 is 21.5 Å². The van der Waals surface area contributed by atoms with E-state index in [2.05, 4.69) is 9.82 Å². The zero-order valence-electron chi connectivity index (χ0n) is 17.3. The number of rotatable bonds is 5. The minimum Gasteiger partial charge on any atom is -0.384 e. The number of aromatic nitrogens is 2. The van der Waals surface area contributed by atoms with Gasteiger partial charge in [0, 0.05) is 17.3 Å². The molecule has 0 aliphatic carbocycles. The predicted octanol–water partition coefficient (Wildman–Crippen LogP) is 5.25. The summed E-state index contributed by atoms with van der Waals surface area (Å²) in [6, 6.07) is 19.2. The lowest BCUT2D eigenvalue weighted by Gasteiger charge is -2.11. The number of sulfonamides is 1. The predicted molar refractivity (Wildman–Crippen MR) is 120 cm³/mol. The highest BCUT2D eigenvalue weighted by Crippen LogP contribution is 2.31. The van der Waals surface area contributed by atoms with Crippen molar-refractivity contribution in [2.75, 3.05) is 10.5 Å². The summed E-state index contributed by atoms with van der Waals surface area (Å²) in [7, 11) is -4.21. The van der Waals surface area contributed by atoms with Crippen LogP contribution < -0.4 is 10.5 Å². The summed E-state index contributed by atoms with van der Waals surface area (Å²) < 4.78 is 67.8. The minimum atomic E-state index is -4.64. The van der Waals surface area contributed by atoms with E-state index in [1.807, 2.05) is 31.2 Å². The third kappa shape index (κ3) is 4.85. The molecule has 170 valence electrons. The van der Waals surface area contributed by atoms with Crippen molar-refractivity contribution in [3.8, 4) is 16.9 Å². The van der Waals surface area contributed by atoms with E-state index in [4.69, 9.17) is 5.73 Å². The maximum atomic E-state index is 12.9. The molecule has 10 heteroatoms. The molecule has 0 fully saturated rings. The SMILES string of the molecule is Cc1cccc(-n2nc(-c3ccc(NS(=O)(=O)c4cccc(C(F)(F)F)c4)cc3)cc2N)c1. The van der Waals surface area contributed by atoms with Gasteiger partial charge in [0.15, 0.2) is 0 Å². The van der Waals surface area contributed by atoms with Gasteiger partial charge in [-0.15, -0.1) is 0 Å². The summed E-state index contributed by atoms with van der Waals surface area (Å²) in [5.41, 5.74) is 8.41. The molecule has 4 rings (SSSR count). The number of nitrogens with zero attached hydrogens (tertiary/aromatic N) is 2. The van der Waals surface area contributed by atoms with E-state index in [0.717, 1.165) is 29.4 Å². The Morgan fingerprint density at radius 2 is 1.64 bits per heavy atom. The quantitative estimate of drug-likeness (QED) is 0.415. The smallest absolute Gasteiger partial charge is 0.384 e. The molecule has 0 saturated heterocycles. The number of hydrogen-bond acceptors (Lipinski definition) is 4. The summed E-state index contributed by atoms with van der Waals surface area (Å²) in [6.45, 7) is 1.96. The Kier molecular flexibility index (Phi) is 5.62. The van der Waals surface area contributed by atoms with Crippen LogP contribution in [0.1, 0.15) is 11.1 Å². The van der Waals surface area contributed by atoms with Crippen molar-refractivity contribution in [3.05, 3.63) is 90.0 Å². The first-order valence-electron chi connectivity index (χ1n) is 9.76. The van der Waals surface area contributed by atoms with Crippen molar-refractivity contribution in [2.45, 2.75) is 18.0 Å². The van der Waals surface area contributed by atoms with E-state index < -0.39 is 26.7 Å².